The molecule has 4 aromatic rings. The number of hydrogen-bond donors (Lipinski definition) is 3. The van der Waals surface area contributed by atoms with Gasteiger partial charge in [-0.3, -0.25) is 20.4 Å². The average molecular weight is 365 g/mol. The van der Waals surface area contributed by atoms with Gasteiger partial charge in [-0.25, -0.2) is 9.07 Å². The van der Waals surface area contributed by atoms with E-state index in [4.69, 9.17) is 0 Å². The number of aromatic amines is 1. The number of halogens is 1. The third-order valence-electron chi connectivity index (χ3n) is 3.86. The third-order valence-corrected chi connectivity index (χ3v) is 3.86. The Kier molecular flexibility index (Phi) is 4.05. The Morgan fingerprint density at radius 1 is 1.00 bits per heavy atom. The fourth-order valence-electron chi connectivity index (χ4n) is 2.52. The van der Waals surface area contributed by atoms with Gasteiger partial charge in [0.25, 0.3) is 11.8 Å². The monoisotopic (exact) mass is 365 g/mol. The van der Waals surface area contributed by atoms with Crippen molar-refractivity contribution in [2.24, 2.45) is 0 Å². The minimum Gasteiger partial charge on any atom is -0.350 e. The molecule has 4 rings (SSSR count). The Labute approximate surface area is 151 Å². The summed E-state index contributed by atoms with van der Waals surface area (Å²) in [6.45, 7) is 0. The Balaban J connectivity index is 1.41. The number of nitrogens with zero attached hydrogens (tertiary/aromatic N) is 4. The molecule has 0 aliphatic carbocycles. The van der Waals surface area contributed by atoms with E-state index in [9.17, 15) is 14.0 Å². The summed E-state index contributed by atoms with van der Waals surface area (Å²) in [7, 11) is 0. The summed E-state index contributed by atoms with van der Waals surface area (Å²) >= 11 is 0. The van der Waals surface area contributed by atoms with Gasteiger partial charge in [0.15, 0.2) is 0 Å². The van der Waals surface area contributed by atoms with Gasteiger partial charge < -0.3 is 4.98 Å². The number of nitrogens with one attached hydrogen (secondary N) is 3. The molecule has 2 heterocycles. The predicted molar refractivity (Wildman–Crippen MR) is 92.3 cm³/mol. The van der Waals surface area contributed by atoms with Crippen LogP contribution in [0.15, 0.2) is 54.9 Å². The van der Waals surface area contributed by atoms with Crippen LogP contribution in [0.3, 0.4) is 0 Å². The number of hydrogen-bond acceptors (Lipinski definition) is 5. The number of H-pyrrole nitrogens is 1. The van der Waals surface area contributed by atoms with Crippen molar-refractivity contribution >= 4 is 22.7 Å². The average Bonchev–Trinajstić information content (AvgIpc) is 3.35. The molecule has 2 aromatic carbocycles. The second-order valence-electron chi connectivity index (χ2n) is 5.62. The first-order chi connectivity index (χ1) is 13.1. The van der Waals surface area contributed by atoms with Crippen molar-refractivity contribution in [1.29, 1.82) is 0 Å². The van der Waals surface area contributed by atoms with Gasteiger partial charge in [0.05, 0.1) is 5.69 Å². The van der Waals surface area contributed by atoms with E-state index in [0.29, 0.717) is 22.2 Å². The van der Waals surface area contributed by atoms with Crippen molar-refractivity contribution in [2.75, 3.05) is 0 Å². The van der Waals surface area contributed by atoms with Gasteiger partial charge in [0.2, 0.25) is 0 Å². The molecule has 0 atom stereocenters. The second-order valence-corrected chi connectivity index (χ2v) is 5.62. The molecule has 134 valence electrons. The molecule has 2 aromatic heterocycles. The van der Waals surface area contributed by atoms with Gasteiger partial charge >= 0.3 is 0 Å². The van der Waals surface area contributed by atoms with E-state index in [0.717, 1.165) is 0 Å². The zero-order chi connectivity index (χ0) is 18.8. The third kappa shape index (κ3) is 3.35. The van der Waals surface area contributed by atoms with Gasteiger partial charge in [0.1, 0.15) is 17.8 Å². The molecule has 0 spiro atoms. The highest BCUT2D eigenvalue weighted by molar-refractivity contribution is 6.00. The van der Waals surface area contributed by atoms with Gasteiger partial charge in [-0.1, -0.05) is 0 Å². The van der Waals surface area contributed by atoms with Crippen LogP contribution in [-0.2, 0) is 0 Å². The van der Waals surface area contributed by atoms with Crippen LogP contribution < -0.4 is 10.9 Å². The van der Waals surface area contributed by atoms with E-state index in [1.54, 1.807) is 24.3 Å². The summed E-state index contributed by atoms with van der Waals surface area (Å²) in [5.74, 6) is -1.44. The summed E-state index contributed by atoms with van der Waals surface area (Å²) < 4.78 is 14.7. The number of hydrazine groups is 1. The molecule has 0 aliphatic rings. The summed E-state index contributed by atoms with van der Waals surface area (Å²) in [6, 6.07) is 12.1. The predicted octanol–water partition coefficient (Wildman–Crippen LogP) is 1.36. The van der Waals surface area contributed by atoms with Crippen molar-refractivity contribution in [3.05, 3.63) is 71.9 Å². The fourth-order valence-corrected chi connectivity index (χ4v) is 2.52. The minimum absolute atomic E-state index is 0.199. The topological polar surface area (TPSA) is 118 Å². The molecule has 0 saturated carbocycles. The molecule has 0 saturated heterocycles. The lowest BCUT2D eigenvalue weighted by Gasteiger charge is -2.07. The zero-order valence-electron chi connectivity index (χ0n) is 13.7. The number of fused-ring (bicyclic) bond motifs is 1. The molecule has 2 amide bonds. The van der Waals surface area contributed by atoms with Gasteiger partial charge in [-0.15, -0.1) is 5.10 Å². The van der Waals surface area contributed by atoms with Crippen LogP contribution in [0.4, 0.5) is 4.39 Å². The molecule has 0 bridgehead atoms. The molecule has 3 N–H and O–H groups in total. The van der Waals surface area contributed by atoms with Crippen LogP contribution in [0.25, 0.3) is 16.6 Å². The molecule has 9 nitrogen and oxygen atoms in total. The van der Waals surface area contributed by atoms with Gasteiger partial charge in [0, 0.05) is 16.5 Å². The van der Waals surface area contributed by atoms with E-state index in [1.165, 1.54) is 35.3 Å². The molecule has 27 heavy (non-hydrogen) atoms. The van der Waals surface area contributed by atoms with Crippen LogP contribution in [0, 0.1) is 5.82 Å². The molecular weight excluding hydrogens is 353 g/mol. The normalized spacial score (nSPS) is 10.7. The maximum atomic E-state index is 13.2. The number of carbonyl (C=O) groups is 2. The van der Waals surface area contributed by atoms with E-state index in [2.05, 4.69) is 31.4 Å². The van der Waals surface area contributed by atoms with E-state index in [-0.39, 0.29) is 5.69 Å². The molecule has 0 fully saturated rings. The fraction of sp³-hybridized carbons (Fsp3) is 0. The van der Waals surface area contributed by atoms with Crippen LogP contribution in [0.5, 0.6) is 0 Å². The number of tetrazole rings is 1. The first-order valence-corrected chi connectivity index (χ1v) is 7.82. The van der Waals surface area contributed by atoms with Crippen molar-refractivity contribution < 1.29 is 14.0 Å². The zero-order valence-corrected chi connectivity index (χ0v) is 13.7. The number of carbonyl (C=O) groups excluding carboxylic acids is 2. The molecule has 0 radical (unpaired) electrons. The molecule has 0 unspecified atom stereocenters. The van der Waals surface area contributed by atoms with E-state index >= 15 is 0 Å². The first kappa shape index (κ1) is 16.4. The maximum absolute atomic E-state index is 13.2. The van der Waals surface area contributed by atoms with Crippen molar-refractivity contribution in [3.63, 3.8) is 0 Å². The van der Waals surface area contributed by atoms with E-state index in [1.807, 2.05) is 0 Å². The molecule has 10 heteroatoms. The van der Waals surface area contributed by atoms with E-state index < -0.39 is 17.6 Å². The van der Waals surface area contributed by atoms with Crippen LogP contribution in [0.1, 0.15) is 20.8 Å². The quantitative estimate of drug-likeness (QED) is 0.474. The number of amides is 2. The van der Waals surface area contributed by atoms with Gasteiger partial charge in [-0.05, 0) is 59.0 Å². The Bertz CT molecular complexity index is 1120. The Morgan fingerprint density at radius 2 is 1.78 bits per heavy atom. The summed E-state index contributed by atoms with van der Waals surface area (Å²) in [4.78, 5) is 27.2. The smallest absolute Gasteiger partial charge is 0.286 e. The standard InChI is InChI=1S/C17H12FN7O2/c18-12-3-6-14-11(7-12)8-15(20-14)17(27)22-21-16(26)10-1-4-13(5-2-10)25-9-19-23-24-25/h1-9,20H,(H,21,26)(H,22,27). The summed E-state index contributed by atoms with van der Waals surface area (Å²) in [5, 5.41) is 11.4. The van der Waals surface area contributed by atoms with Crippen LogP contribution >= 0.6 is 0 Å². The largest absolute Gasteiger partial charge is 0.350 e. The highest BCUT2D eigenvalue weighted by Gasteiger charge is 2.12. The lowest BCUT2D eigenvalue weighted by Crippen LogP contribution is -2.41. The Morgan fingerprint density at radius 3 is 2.52 bits per heavy atom. The number of benzene rings is 2. The Hall–Kier alpha value is -4.08. The summed E-state index contributed by atoms with van der Waals surface area (Å²) in [6.07, 6.45) is 1.43. The minimum atomic E-state index is -0.551. The lowest BCUT2D eigenvalue weighted by molar-refractivity contribution is 0.0844. The highest BCUT2D eigenvalue weighted by Crippen LogP contribution is 2.16. The molecular formula is C17H12FN7O2. The SMILES string of the molecule is O=C(NNC(=O)c1cc2cc(F)ccc2[nH]1)c1ccc(-n2cnnn2)cc1. The highest BCUT2D eigenvalue weighted by atomic mass is 19.1. The number of aromatic nitrogens is 5. The summed E-state index contributed by atoms with van der Waals surface area (Å²) in [5.41, 5.74) is 6.48. The number of rotatable bonds is 3. The van der Waals surface area contributed by atoms with Crippen molar-refractivity contribution in [3.8, 4) is 5.69 Å². The van der Waals surface area contributed by atoms with Crippen molar-refractivity contribution in [2.45, 2.75) is 0 Å². The van der Waals surface area contributed by atoms with Gasteiger partial charge in [-0.2, -0.15) is 0 Å². The van der Waals surface area contributed by atoms with Crippen molar-refractivity contribution in [1.82, 2.24) is 36.0 Å². The molecule has 0 aliphatic heterocycles. The van der Waals surface area contributed by atoms with Crippen LogP contribution in [-0.4, -0.2) is 37.0 Å². The van der Waals surface area contributed by atoms with Crippen LogP contribution in [0.2, 0.25) is 0 Å². The first-order valence-electron chi connectivity index (χ1n) is 7.82. The second kappa shape index (κ2) is 6.67. The maximum Gasteiger partial charge on any atom is 0.286 e. The lowest BCUT2D eigenvalue weighted by atomic mass is 10.2.